The van der Waals surface area contributed by atoms with Gasteiger partial charge in [-0.1, -0.05) is 12.1 Å². The van der Waals surface area contributed by atoms with Crippen molar-refractivity contribution in [2.45, 2.75) is 13.0 Å². The molecule has 88 valence electrons. The number of hydrogen-bond donors (Lipinski definition) is 1. The van der Waals surface area contributed by atoms with Crippen molar-refractivity contribution in [2.75, 3.05) is 0 Å². The van der Waals surface area contributed by atoms with Crippen molar-refractivity contribution in [2.24, 2.45) is 0 Å². The van der Waals surface area contributed by atoms with Crippen LogP contribution in [0.3, 0.4) is 0 Å². The fourth-order valence-electron chi connectivity index (χ4n) is 1.70. The molecule has 0 amide bonds. The highest BCUT2D eigenvalue weighted by molar-refractivity contribution is 5.85. The predicted molar refractivity (Wildman–Crippen MR) is 61.5 cm³/mol. The van der Waals surface area contributed by atoms with Gasteiger partial charge in [0.2, 0.25) is 0 Å². The van der Waals surface area contributed by atoms with Gasteiger partial charge in [0.1, 0.15) is 11.5 Å². The monoisotopic (exact) mass is 233 g/mol. The molecular weight excluding hydrogens is 221 g/mol. The zero-order chi connectivity index (χ0) is 12.3. The number of halogens is 1. The van der Waals surface area contributed by atoms with Crippen LogP contribution in [0, 0.1) is 5.82 Å². The summed E-state index contributed by atoms with van der Waals surface area (Å²) in [6.45, 7) is 0.570. The summed E-state index contributed by atoms with van der Waals surface area (Å²) in [6.07, 6.45) is 2.40. The molecule has 1 N–H and O–H groups in total. The molecule has 0 aliphatic rings. The van der Waals surface area contributed by atoms with Crippen molar-refractivity contribution >= 4 is 5.97 Å². The van der Waals surface area contributed by atoms with Gasteiger partial charge in [-0.05, 0) is 36.2 Å². The standard InChI is InChI=1S/C13H12FNO2/c14-11-5-3-10(4-6-11)7-9-15-8-1-2-12(15)13(16)17/h1-6,8H,7,9H2,(H,16,17). The Kier molecular flexibility index (Phi) is 3.23. The first-order valence-electron chi connectivity index (χ1n) is 5.30. The Morgan fingerprint density at radius 2 is 1.94 bits per heavy atom. The molecule has 1 aromatic heterocycles. The summed E-state index contributed by atoms with van der Waals surface area (Å²) in [6, 6.07) is 9.49. The van der Waals surface area contributed by atoms with Crippen molar-refractivity contribution in [1.29, 1.82) is 0 Å². The second-order valence-corrected chi connectivity index (χ2v) is 3.77. The van der Waals surface area contributed by atoms with E-state index in [1.54, 1.807) is 35.0 Å². The number of carboxylic acid groups (broad SMARTS) is 1. The van der Waals surface area contributed by atoms with Crippen molar-refractivity contribution in [3.05, 3.63) is 59.7 Å². The lowest BCUT2D eigenvalue weighted by molar-refractivity contribution is 0.0685. The van der Waals surface area contributed by atoms with Crippen LogP contribution in [-0.4, -0.2) is 15.6 Å². The second kappa shape index (κ2) is 4.82. The number of hydrogen-bond acceptors (Lipinski definition) is 1. The fourth-order valence-corrected chi connectivity index (χ4v) is 1.70. The first-order valence-corrected chi connectivity index (χ1v) is 5.30. The smallest absolute Gasteiger partial charge is 0.352 e. The van der Waals surface area contributed by atoms with Crippen LogP contribution in [-0.2, 0) is 13.0 Å². The van der Waals surface area contributed by atoms with Crippen LogP contribution in [0.5, 0.6) is 0 Å². The van der Waals surface area contributed by atoms with E-state index in [0.717, 1.165) is 5.56 Å². The average molecular weight is 233 g/mol. The SMILES string of the molecule is O=C(O)c1cccn1CCc1ccc(F)cc1. The third-order valence-electron chi connectivity index (χ3n) is 2.60. The Morgan fingerprint density at radius 1 is 1.24 bits per heavy atom. The number of aryl methyl sites for hydroxylation is 2. The zero-order valence-electron chi connectivity index (χ0n) is 9.14. The molecule has 0 bridgehead atoms. The van der Waals surface area contributed by atoms with Gasteiger partial charge in [-0.2, -0.15) is 0 Å². The highest BCUT2D eigenvalue weighted by Crippen LogP contribution is 2.07. The lowest BCUT2D eigenvalue weighted by Crippen LogP contribution is -2.09. The van der Waals surface area contributed by atoms with E-state index in [-0.39, 0.29) is 11.5 Å². The molecular formula is C13H12FNO2. The minimum atomic E-state index is -0.936. The van der Waals surface area contributed by atoms with Crippen LogP contribution in [0.2, 0.25) is 0 Å². The molecule has 0 radical (unpaired) electrons. The summed E-state index contributed by atoms with van der Waals surface area (Å²) in [5, 5.41) is 8.92. The van der Waals surface area contributed by atoms with Gasteiger partial charge < -0.3 is 9.67 Å². The predicted octanol–water partition coefficient (Wildman–Crippen LogP) is 2.57. The Hall–Kier alpha value is -2.10. The lowest BCUT2D eigenvalue weighted by atomic mass is 10.1. The highest BCUT2D eigenvalue weighted by atomic mass is 19.1. The highest BCUT2D eigenvalue weighted by Gasteiger charge is 2.07. The van der Waals surface area contributed by atoms with Gasteiger partial charge in [-0.25, -0.2) is 9.18 Å². The summed E-state index contributed by atoms with van der Waals surface area (Å²) < 4.78 is 14.4. The molecule has 3 nitrogen and oxygen atoms in total. The van der Waals surface area contributed by atoms with Crippen LogP contribution < -0.4 is 0 Å². The van der Waals surface area contributed by atoms with Gasteiger partial charge in [0.05, 0.1) is 0 Å². The summed E-state index contributed by atoms with van der Waals surface area (Å²) in [4.78, 5) is 10.9. The number of carbonyl (C=O) groups is 1. The number of aromatic carboxylic acids is 1. The van der Waals surface area contributed by atoms with E-state index in [4.69, 9.17) is 5.11 Å². The van der Waals surface area contributed by atoms with Gasteiger partial charge in [0.25, 0.3) is 0 Å². The van der Waals surface area contributed by atoms with Crippen molar-refractivity contribution in [3.8, 4) is 0 Å². The van der Waals surface area contributed by atoms with Crippen molar-refractivity contribution in [1.82, 2.24) is 4.57 Å². The molecule has 0 spiro atoms. The van der Waals surface area contributed by atoms with Gasteiger partial charge in [-0.15, -0.1) is 0 Å². The van der Waals surface area contributed by atoms with E-state index in [1.165, 1.54) is 12.1 Å². The Bertz CT molecular complexity index is 516. The number of benzene rings is 1. The minimum absolute atomic E-state index is 0.263. The number of aromatic nitrogens is 1. The largest absolute Gasteiger partial charge is 0.477 e. The van der Waals surface area contributed by atoms with Crippen LogP contribution in [0.25, 0.3) is 0 Å². The molecule has 0 aliphatic heterocycles. The van der Waals surface area contributed by atoms with E-state index in [1.807, 2.05) is 0 Å². The topological polar surface area (TPSA) is 42.2 Å². The van der Waals surface area contributed by atoms with Gasteiger partial charge >= 0.3 is 5.97 Å². The average Bonchev–Trinajstić information content (AvgIpc) is 2.76. The molecule has 17 heavy (non-hydrogen) atoms. The first-order chi connectivity index (χ1) is 8.16. The molecule has 0 aliphatic carbocycles. The fraction of sp³-hybridized carbons (Fsp3) is 0.154. The maximum atomic E-state index is 12.7. The van der Waals surface area contributed by atoms with Crippen LogP contribution >= 0.6 is 0 Å². The Morgan fingerprint density at radius 3 is 2.59 bits per heavy atom. The number of rotatable bonds is 4. The lowest BCUT2D eigenvalue weighted by Gasteiger charge is -2.06. The normalized spacial score (nSPS) is 10.4. The third kappa shape index (κ3) is 2.72. The maximum Gasteiger partial charge on any atom is 0.352 e. The molecule has 1 aromatic carbocycles. The van der Waals surface area contributed by atoms with E-state index < -0.39 is 5.97 Å². The van der Waals surface area contributed by atoms with E-state index in [0.29, 0.717) is 13.0 Å². The zero-order valence-corrected chi connectivity index (χ0v) is 9.14. The number of nitrogens with zero attached hydrogens (tertiary/aromatic N) is 1. The molecule has 1 heterocycles. The Balaban J connectivity index is 2.05. The molecule has 4 heteroatoms. The molecule has 2 rings (SSSR count). The molecule has 0 atom stereocenters. The quantitative estimate of drug-likeness (QED) is 0.881. The van der Waals surface area contributed by atoms with Crippen molar-refractivity contribution in [3.63, 3.8) is 0 Å². The first kappa shape index (κ1) is 11.4. The van der Waals surface area contributed by atoms with E-state index in [9.17, 15) is 9.18 Å². The van der Waals surface area contributed by atoms with Crippen LogP contribution in [0.15, 0.2) is 42.6 Å². The summed E-state index contributed by atoms with van der Waals surface area (Å²) in [5.41, 5.74) is 1.25. The molecule has 0 saturated heterocycles. The summed E-state index contributed by atoms with van der Waals surface area (Å²) in [5.74, 6) is -1.20. The van der Waals surface area contributed by atoms with Crippen LogP contribution in [0.4, 0.5) is 4.39 Å². The Labute approximate surface area is 98.1 Å². The molecule has 0 fully saturated rings. The molecule has 2 aromatic rings. The number of carboxylic acids is 1. The summed E-state index contributed by atoms with van der Waals surface area (Å²) >= 11 is 0. The third-order valence-corrected chi connectivity index (χ3v) is 2.60. The molecule has 0 saturated carbocycles. The van der Waals surface area contributed by atoms with Gasteiger partial charge in [0.15, 0.2) is 0 Å². The van der Waals surface area contributed by atoms with Gasteiger partial charge in [0, 0.05) is 12.7 Å². The van der Waals surface area contributed by atoms with Crippen molar-refractivity contribution < 1.29 is 14.3 Å². The van der Waals surface area contributed by atoms with E-state index in [2.05, 4.69) is 0 Å². The minimum Gasteiger partial charge on any atom is -0.477 e. The van der Waals surface area contributed by atoms with E-state index >= 15 is 0 Å². The van der Waals surface area contributed by atoms with Crippen LogP contribution in [0.1, 0.15) is 16.1 Å². The summed E-state index contributed by atoms with van der Waals surface area (Å²) in [7, 11) is 0. The second-order valence-electron chi connectivity index (χ2n) is 3.77. The molecule has 0 unspecified atom stereocenters. The maximum absolute atomic E-state index is 12.7. The van der Waals surface area contributed by atoms with Gasteiger partial charge in [-0.3, -0.25) is 0 Å².